The minimum atomic E-state index is 0.712. The molecule has 1 aromatic heterocycles. The van der Waals surface area contributed by atoms with Gasteiger partial charge in [-0.15, -0.1) is 0 Å². The van der Waals surface area contributed by atoms with Gasteiger partial charge in [0.25, 0.3) is 0 Å². The molecule has 3 heteroatoms. The number of nitrogens with zero attached hydrogens (tertiary/aromatic N) is 2. The van der Waals surface area contributed by atoms with Crippen molar-refractivity contribution in [2.24, 2.45) is 0 Å². The van der Waals surface area contributed by atoms with Crippen LogP contribution in [0.3, 0.4) is 0 Å². The van der Waals surface area contributed by atoms with E-state index in [0.29, 0.717) is 5.56 Å². The highest BCUT2D eigenvalue weighted by molar-refractivity contribution is 5.75. The van der Waals surface area contributed by atoms with Gasteiger partial charge in [-0.25, -0.2) is 0 Å². The number of benzene rings is 1. The topological polar surface area (TPSA) is 33.2 Å². The second-order valence-corrected chi connectivity index (χ2v) is 4.17. The van der Waals surface area contributed by atoms with Crippen LogP contribution < -0.4 is 4.90 Å². The smallest absolute Gasteiger partial charge is 0.150 e. The molecule has 0 spiro atoms. The fourth-order valence-corrected chi connectivity index (χ4v) is 2.15. The summed E-state index contributed by atoms with van der Waals surface area (Å²) in [5.41, 5.74) is 4.27. The van der Waals surface area contributed by atoms with Crippen LogP contribution >= 0.6 is 0 Å². The zero-order valence-corrected chi connectivity index (χ0v) is 9.34. The van der Waals surface area contributed by atoms with Gasteiger partial charge in [0.05, 0.1) is 12.2 Å². The van der Waals surface area contributed by atoms with Gasteiger partial charge in [-0.2, -0.15) is 0 Å². The van der Waals surface area contributed by atoms with E-state index in [1.807, 2.05) is 36.5 Å². The maximum absolute atomic E-state index is 10.6. The van der Waals surface area contributed by atoms with Crippen molar-refractivity contribution in [2.75, 3.05) is 4.90 Å². The van der Waals surface area contributed by atoms with Crippen molar-refractivity contribution in [3.05, 3.63) is 59.4 Å². The Morgan fingerprint density at radius 3 is 2.65 bits per heavy atom. The third kappa shape index (κ3) is 1.80. The molecule has 0 unspecified atom stereocenters. The van der Waals surface area contributed by atoms with Crippen molar-refractivity contribution in [3.8, 4) is 0 Å². The molecule has 0 saturated carbocycles. The van der Waals surface area contributed by atoms with E-state index >= 15 is 0 Å². The first kappa shape index (κ1) is 10.0. The first-order chi connectivity index (χ1) is 8.36. The molecule has 17 heavy (non-hydrogen) atoms. The molecule has 0 atom stereocenters. The van der Waals surface area contributed by atoms with Crippen LogP contribution in [0.4, 0.5) is 5.69 Å². The summed E-state index contributed by atoms with van der Waals surface area (Å²) in [5.74, 6) is 0. The third-order valence-electron chi connectivity index (χ3n) is 3.08. The van der Waals surface area contributed by atoms with E-state index < -0.39 is 0 Å². The van der Waals surface area contributed by atoms with Gasteiger partial charge in [0.2, 0.25) is 0 Å². The highest BCUT2D eigenvalue weighted by Crippen LogP contribution is 2.26. The zero-order chi connectivity index (χ0) is 11.7. The highest BCUT2D eigenvalue weighted by atomic mass is 16.1. The fourth-order valence-electron chi connectivity index (χ4n) is 2.15. The van der Waals surface area contributed by atoms with Gasteiger partial charge >= 0.3 is 0 Å². The van der Waals surface area contributed by atoms with Crippen LogP contribution in [0, 0.1) is 0 Å². The maximum Gasteiger partial charge on any atom is 0.150 e. The van der Waals surface area contributed by atoms with Gasteiger partial charge in [-0.3, -0.25) is 9.78 Å². The summed E-state index contributed by atoms with van der Waals surface area (Å²) >= 11 is 0. The van der Waals surface area contributed by atoms with Gasteiger partial charge < -0.3 is 4.90 Å². The lowest BCUT2D eigenvalue weighted by Crippen LogP contribution is -2.14. The summed E-state index contributed by atoms with van der Waals surface area (Å²) in [7, 11) is 0. The van der Waals surface area contributed by atoms with Gasteiger partial charge in [-0.05, 0) is 35.9 Å². The summed E-state index contributed by atoms with van der Waals surface area (Å²) in [6.07, 6.45) is 2.70. The second-order valence-electron chi connectivity index (χ2n) is 4.17. The number of anilines is 1. The Kier molecular flexibility index (Phi) is 2.37. The molecule has 84 valence electrons. The molecule has 0 N–H and O–H groups in total. The SMILES string of the molecule is O=Cc1ccc(N2Cc3cccnc3C2)cc1. The quantitative estimate of drug-likeness (QED) is 0.734. The largest absolute Gasteiger partial charge is 0.361 e. The Hall–Kier alpha value is -2.16. The van der Waals surface area contributed by atoms with Crippen molar-refractivity contribution in [1.82, 2.24) is 4.98 Å². The minimum absolute atomic E-state index is 0.712. The highest BCUT2D eigenvalue weighted by Gasteiger charge is 2.19. The van der Waals surface area contributed by atoms with E-state index in [1.54, 1.807) is 0 Å². The van der Waals surface area contributed by atoms with E-state index in [9.17, 15) is 4.79 Å². The lowest BCUT2D eigenvalue weighted by molar-refractivity contribution is 0.112. The molecule has 0 saturated heterocycles. The third-order valence-corrected chi connectivity index (χ3v) is 3.08. The Labute approximate surface area is 99.7 Å². The second kappa shape index (κ2) is 4.01. The summed E-state index contributed by atoms with van der Waals surface area (Å²) in [6, 6.07) is 11.7. The summed E-state index contributed by atoms with van der Waals surface area (Å²) < 4.78 is 0. The molecule has 3 rings (SSSR count). The molecular weight excluding hydrogens is 212 g/mol. The van der Waals surface area contributed by atoms with E-state index in [4.69, 9.17) is 0 Å². The molecule has 2 aromatic rings. The average molecular weight is 224 g/mol. The molecular formula is C14H12N2O. The van der Waals surface area contributed by atoms with Crippen LogP contribution in [-0.2, 0) is 13.1 Å². The number of hydrogen-bond donors (Lipinski definition) is 0. The number of pyridine rings is 1. The lowest BCUT2D eigenvalue weighted by Gasteiger charge is -2.17. The van der Waals surface area contributed by atoms with Crippen molar-refractivity contribution < 1.29 is 4.79 Å². The average Bonchev–Trinajstić information content (AvgIpc) is 2.82. The minimum Gasteiger partial charge on any atom is -0.361 e. The van der Waals surface area contributed by atoms with Gasteiger partial charge in [-0.1, -0.05) is 6.07 Å². The number of carbonyl (C=O) groups excluding carboxylic acids is 1. The molecule has 0 bridgehead atoms. The normalized spacial score (nSPS) is 13.5. The van der Waals surface area contributed by atoms with Crippen LogP contribution in [0.1, 0.15) is 21.6 Å². The van der Waals surface area contributed by atoms with E-state index in [-0.39, 0.29) is 0 Å². The van der Waals surface area contributed by atoms with Gasteiger partial charge in [0.15, 0.2) is 0 Å². The molecule has 0 radical (unpaired) electrons. The van der Waals surface area contributed by atoms with Crippen molar-refractivity contribution in [2.45, 2.75) is 13.1 Å². The predicted molar refractivity (Wildman–Crippen MR) is 66.0 cm³/mol. The van der Waals surface area contributed by atoms with Crippen molar-refractivity contribution in [1.29, 1.82) is 0 Å². The molecule has 0 aliphatic carbocycles. The van der Waals surface area contributed by atoms with E-state index in [2.05, 4.69) is 16.0 Å². The number of aromatic nitrogens is 1. The molecule has 1 aliphatic heterocycles. The Morgan fingerprint density at radius 1 is 1.12 bits per heavy atom. The Balaban J connectivity index is 1.86. The number of aldehydes is 1. The first-order valence-corrected chi connectivity index (χ1v) is 5.60. The number of fused-ring (bicyclic) bond motifs is 1. The van der Waals surface area contributed by atoms with Crippen LogP contribution in [-0.4, -0.2) is 11.3 Å². The fraction of sp³-hybridized carbons (Fsp3) is 0.143. The summed E-state index contributed by atoms with van der Waals surface area (Å²) in [6.45, 7) is 1.74. The molecule has 1 aromatic carbocycles. The zero-order valence-electron chi connectivity index (χ0n) is 9.34. The van der Waals surface area contributed by atoms with Crippen LogP contribution in [0.15, 0.2) is 42.6 Å². The number of hydrogen-bond acceptors (Lipinski definition) is 3. The molecule has 0 fully saturated rings. The molecule has 1 aliphatic rings. The molecule has 2 heterocycles. The van der Waals surface area contributed by atoms with Crippen molar-refractivity contribution >= 4 is 12.0 Å². The van der Waals surface area contributed by atoms with Crippen LogP contribution in [0.5, 0.6) is 0 Å². The Bertz CT molecular complexity index is 523. The monoisotopic (exact) mass is 224 g/mol. The van der Waals surface area contributed by atoms with E-state index in [0.717, 1.165) is 30.8 Å². The number of carbonyl (C=O) groups is 1. The van der Waals surface area contributed by atoms with E-state index in [1.165, 1.54) is 5.56 Å². The van der Waals surface area contributed by atoms with Gasteiger partial charge in [0.1, 0.15) is 6.29 Å². The first-order valence-electron chi connectivity index (χ1n) is 5.60. The van der Waals surface area contributed by atoms with Crippen LogP contribution in [0.25, 0.3) is 0 Å². The van der Waals surface area contributed by atoms with Crippen molar-refractivity contribution in [3.63, 3.8) is 0 Å². The van der Waals surface area contributed by atoms with Crippen LogP contribution in [0.2, 0.25) is 0 Å². The van der Waals surface area contributed by atoms with Gasteiger partial charge in [0, 0.05) is 24.0 Å². The number of rotatable bonds is 2. The summed E-state index contributed by atoms with van der Waals surface area (Å²) in [5, 5.41) is 0. The molecule has 0 amide bonds. The predicted octanol–water partition coefficient (Wildman–Crippen LogP) is 2.41. The summed E-state index contributed by atoms with van der Waals surface area (Å²) in [4.78, 5) is 17.2. The maximum atomic E-state index is 10.6. The lowest BCUT2D eigenvalue weighted by atomic mass is 10.2. The standard InChI is InChI=1S/C14H12N2O/c17-10-11-3-5-13(6-4-11)16-8-12-2-1-7-15-14(12)9-16/h1-7,10H,8-9H2. The Morgan fingerprint density at radius 2 is 1.94 bits per heavy atom. The molecule has 3 nitrogen and oxygen atoms in total.